The third kappa shape index (κ3) is 6.65. The summed E-state index contributed by atoms with van der Waals surface area (Å²) in [7, 11) is 3.46. The molecule has 1 rings (SSSR count). The van der Waals surface area contributed by atoms with Crippen molar-refractivity contribution in [2.24, 2.45) is 10.9 Å². The third-order valence-corrected chi connectivity index (χ3v) is 3.48. The van der Waals surface area contributed by atoms with E-state index in [1.807, 2.05) is 12.1 Å². The van der Waals surface area contributed by atoms with E-state index in [9.17, 15) is 4.79 Å². The molecule has 2 N–H and O–H groups in total. The van der Waals surface area contributed by atoms with Crippen molar-refractivity contribution in [3.05, 3.63) is 24.2 Å². The van der Waals surface area contributed by atoms with Gasteiger partial charge in [-0.2, -0.15) is 0 Å². The lowest BCUT2D eigenvalue weighted by atomic mass is 10.1. The zero-order valence-electron chi connectivity index (χ0n) is 14.2. The maximum absolute atomic E-state index is 11.7. The Morgan fingerprint density at radius 3 is 2.64 bits per heavy atom. The molecule has 1 aromatic heterocycles. The van der Waals surface area contributed by atoms with Gasteiger partial charge < -0.3 is 20.0 Å². The molecular formula is C16H28N4O2. The van der Waals surface area contributed by atoms with Crippen LogP contribution in [-0.2, 0) is 11.2 Å². The molecule has 0 aliphatic heterocycles. The van der Waals surface area contributed by atoms with Gasteiger partial charge in [-0.05, 0) is 25.0 Å². The molecule has 0 radical (unpaired) electrons. The molecule has 124 valence electrons. The van der Waals surface area contributed by atoms with Crippen molar-refractivity contribution < 1.29 is 9.21 Å². The van der Waals surface area contributed by atoms with Gasteiger partial charge in [-0.1, -0.05) is 13.8 Å². The smallest absolute Gasteiger partial charge is 0.243 e. The summed E-state index contributed by atoms with van der Waals surface area (Å²) in [5.74, 6) is 2.03. The van der Waals surface area contributed by atoms with Crippen LogP contribution in [0, 0.1) is 5.92 Å². The molecule has 6 heteroatoms. The van der Waals surface area contributed by atoms with E-state index in [0.717, 1.165) is 12.2 Å². The molecule has 1 amide bonds. The van der Waals surface area contributed by atoms with Crippen LogP contribution in [0.15, 0.2) is 27.8 Å². The Labute approximate surface area is 133 Å². The Morgan fingerprint density at radius 2 is 2.09 bits per heavy atom. The van der Waals surface area contributed by atoms with Crippen molar-refractivity contribution >= 4 is 11.9 Å². The molecule has 1 atom stereocenters. The molecule has 0 saturated heterocycles. The van der Waals surface area contributed by atoms with Gasteiger partial charge in [0.15, 0.2) is 5.96 Å². The first-order valence-corrected chi connectivity index (χ1v) is 7.67. The highest BCUT2D eigenvalue weighted by Crippen LogP contribution is 2.01. The van der Waals surface area contributed by atoms with Crippen LogP contribution in [0.3, 0.4) is 0 Å². The topological polar surface area (TPSA) is 69.9 Å². The number of hydrogen-bond acceptors (Lipinski definition) is 3. The van der Waals surface area contributed by atoms with Gasteiger partial charge in [-0.15, -0.1) is 0 Å². The second kappa shape index (κ2) is 9.12. The van der Waals surface area contributed by atoms with Gasteiger partial charge in [0.2, 0.25) is 5.91 Å². The predicted molar refractivity (Wildman–Crippen MR) is 88.8 cm³/mol. The Hall–Kier alpha value is -1.98. The number of carbonyl (C=O) groups is 1. The maximum atomic E-state index is 11.7. The zero-order chi connectivity index (χ0) is 16.5. The van der Waals surface area contributed by atoms with E-state index in [1.54, 1.807) is 20.4 Å². The average molecular weight is 308 g/mol. The lowest BCUT2D eigenvalue weighted by Gasteiger charge is -2.21. The molecule has 0 aliphatic carbocycles. The summed E-state index contributed by atoms with van der Waals surface area (Å²) >= 11 is 0. The molecule has 0 bridgehead atoms. The first-order chi connectivity index (χ1) is 10.4. The first kappa shape index (κ1) is 18.1. The van der Waals surface area contributed by atoms with E-state index < -0.39 is 0 Å². The van der Waals surface area contributed by atoms with Gasteiger partial charge in [0.1, 0.15) is 12.3 Å². The van der Waals surface area contributed by atoms with Crippen LogP contribution in [-0.4, -0.2) is 50.0 Å². The lowest BCUT2D eigenvalue weighted by Crippen LogP contribution is -2.45. The molecule has 0 aliphatic rings. The Balaban J connectivity index is 2.56. The van der Waals surface area contributed by atoms with E-state index >= 15 is 0 Å². The van der Waals surface area contributed by atoms with Gasteiger partial charge >= 0.3 is 0 Å². The van der Waals surface area contributed by atoms with Crippen LogP contribution < -0.4 is 10.6 Å². The van der Waals surface area contributed by atoms with Crippen molar-refractivity contribution in [1.29, 1.82) is 0 Å². The SMILES string of the molecule is CC(C)C(C)NC(=NCC(=O)N(C)C)NCCc1ccco1. The molecule has 6 nitrogen and oxygen atoms in total. The second-order valence-electron chi connectivity index (χ2n) is 5.89. The fourth-order valence-corrected chi connectivity index (χ4v) is 1.58. The maximum Gasteiger partial charge on any atom is 0.243 e. The molecule has 22 heavy (non-hydrogen) atoms. The number of nitrogens with one attached hydrogen (secondary N) is 2. The summed E-state index contributed by atoms with van der Waals surface area (Å²) in [6.45, 7) is 7.21. The minimum absolute atomic E-state index is 0.0238. The fourth-order valence-electron chi connectivity index (χ4n) is 1.58. The van der Waals surface area contributed by atoms with Crippen LogP contribution >= 0.6 is 0 Å². The van der Waals surface area contributed by atoms with E-state index in [2.05, 4.69) is 36.4 Å². The summed E-state index contributed by atoms with van der Waals surface area (Å²) < 4.78 is 5.30. The molecule has 0 fully saturated rings. The van der Waals surface area contributed by atoms with E-state index in [0.29, 0.717) is 18.4 Å². The minimum Gasteiger partial charge on any atom is -0.469 e. The quantitative estimate of drug-likeness (QED) is 0.591. The van der Waals surface area contributed by atoms with Crippen molar-refractivity contribution in [3.63, 3.8) is 0 Å². The number of amides is 1. The average Bonchev–Trinajstić information content (AvgIpc) is 2.96. The summed E-state index contributed by atoms with van der Waals surface area (Å²) in [5.41, 5.74) is 0. The van der Waals surface area contributed by atoms with E-state index in [1.165, 1.54) is 4.90 Å². The minimum atomic E-state index is -0.0238. The summed E-state index contributed by atoms with van der Waals surface area (Å²) in [6.07, 6.45) is 2.44. The normalized spacial score (nSPS) is 13.1. The molecule has 0 spiro atoms. The van der Waals surface area contributed by atoms with Crippen LogP contribution in [0.1, 0.15) is 26.5 Å². The highest BCUT2D eigenvalue weighted by molar-refractivity contribution is 5.84. The van der Waals surface area contributed by atoms with Gasteiger partial charge in [-0.25, -0.2) is 4.99 Å². The van der Waals surface area contributed by atoms with Crippen molar-refractivity contribution in [3.8, 4) is 0 Å². The third-order valence-electron chi connectivity index (χ3n) is 3.48. The molecular weight excluding hydrogens is 280 g/mol. The largest absolute Gasteiger partial charge is 0.469 e. The number of rotatable bonds is 7. The Kier molecular flexibility index (Phi) is 7.49. The molecule has 1 heterocycles. The molecule has 1 unspecified atom stereocenters. The summed E-state index contributed by atoms with van der Waals surface area (Å²) in [4.78, 5) is 17.6. The molecule has 0 aromatic carbocycles. The number of hydrogen-bond donors (Lipinski definition) is 2. The Bertz CT molecular complexity index is 467. The number of furan rings is 1. The van der Waals surface area contributed by atoms with Gasteiger partial charge in [0.05, 0.1) is 6.26 Å². The Morgan fingerprint density at radius 1 is 1.36 bits per heavy atom. The molecule has 0 saturated carbocycles. The van der Waals surface area contributed by atoms with E-state index in [-0.39, 0.29) is 18.5 Å². The standard InChI is InChI=1S/C16H28N4O2/c1-12(2)13(3)19-16(18-11-15(21)20(4)5)17-9-8-14-7-6-10-22-14/h6-7,10,12-13H,8-9,11H2,1-5H3,(H2,17,18,19). The number of guanidine groups is 1. The fraction of sp³-hybridized carbons (Fsp3) is 0.625. The van der Waals surface area contributed by atoms with Crippen molar-refractivity contribution in [1.82, 2.24) is 15.5 Å². The van der Waals surface area contributed by atoms with Gasteiger partial charge in [0.25, 0.3) is 0 Å². The summed E-state index contributed by atoms with van der Waals surface area (Å²) in [5, 5.41) is 6.57. The zero-order valence-corrected chi connectivity index (χ0v) is 14.2. The van der Waals surface area contributed by atoms with Crippen LogP contribution in [0.25, 0.3) is 0 Å². The second-order valence-corrected chi connectivity index (χ2v) is 5.89. The van der Waals surface area contributed by atoms with Crippen LogP contribution in [0.2, 0.25) is 0 Å². The lowest BCUT2D eigenvalue weighted by molar-refractivity contribution is -0.127. The highest BCUT2D eigenvalue weighted by atomic mass is 16.3. The number of nitrogens with zero attached hydrogens (tertiary/aromatic N) is 2. The first-order valence-electron chi connectivity index (χ1n) is 7.67. The van der Waals surface area contributed by atoms with Crippen molar-refractivity contribution in [2.45, 2.75) is 33.2 Å². The van der Waals surface area contributed by atoms with Gasteiger partial charge in [0, 0.05) is 33.1 Å². The number of carbonyl (C=O) groups excluding carboxylic acids is 1. The predicted octanol–water partition coefficient (Wildman–Crippen LogP) is 1.49. The number of likely N-dealkylation sites (N-methyl/N-ethyl adjacent to an activating group) is 1. The van der Waals surface area contributed by atoms with Crippen LogP contribution in [0.4, 0.5) is 0 Å². The molecule has 1 aromatic rings. The van der Waals surface area contributed by atoms with Crippen LogP contribution in [0.5, 0.6) is 0 Å². The summed E-state index contributed by atoms with van der Waals surface area (Å²) in [6, 6.07) is 4.08. The van der Waals surface area contributed by atoms with Gasteiger partial charge in [-0.3, -0.25) is 4.79 Å². The number of aliphatic imine (C=N–C) groups is 1. The van der Waals surface area contributed by atoms with Crippen molar-refractivity contribution in [2.75, 3.05) is 27.2 Å². The monoisotopic (exact) mass is 308 g/mol. The highest BCUT2D eigenvalue weighted by Gasteiger charge is 2.10. The van der Waals surface area contributed by atoms with E-state index in [4.69, 9.17) is 4.42 Å².